The molecule has 4 aromatic rings. The van der Waals surface area contributed by atoms with Crippen LogP contribution in [0, 0.1) is 12.3 Å². The fourth-order valence-electron chi connectivity index (χ4n) is 4.89. The van der Waals surface area contributed by atoms with Gasteiger partial charge < -0.3 is 20.0 Å². The number of nitrogens with one attached hydrogen (secondary N) is 3. The summed E-state index contributed by atoms with van der Waals surface area (Å²) in [6.07, 6.45) is 5.34. The molecular formula is C22H25N7O. The molecule has 0 amide bonds. The summed E-state index contributed by atoms with van der Waals surface area (Å²) in [5, 5.41) is 15.4. The topological polar surface area (TPSA) is 94.9 Å². The molecule has 3 aromatic heterocycles. The third-order valence-corrected chi connectivity index (χ3v) is 6.74. The van der Waals surface area contributed by atoms with Crippen molar-refractivity contribution >= 4 is 39.5 Å². The Morgan fingerprint density at radius 1 is 1.10 bits per heavy atom. The number of benzene rings is 1. The molecule has 5 heterocycles. The molecule has 2 aliphatic rings. The van der Waals surface area contributed by atoms with Gasteiger partial charge in [0.2, 0.25) is 5.95 Å². The van der Waals surface area contributed by atoms with Gasteiger partial charge in [0.05, 0.1) is 11.8 Å². The Balaban J connectivity index is 1.31. The Kier molecular flexibility index (Phi) is 3.95. The van der Waals surface area contributed by atoms with Gasteiger partial charge in [0, 0.05) is 42.5 Å². The summed E-state index contributed by atoms with van der Waals surface area (Å²) in [4.78, 5) is 11.9. The third-order valence-electron chi connectivity index (χ3n) is 6.74. The number of anilines is 3. The van der Waals surface area contributed by atoms with Gasteiger partial charge in [-0.2, -0.15) is 10.1 Å². The number of H-pyrrole nitrogens is 1. The molecular weight excluding hydrogens is 378 g/mol. The van der Waals surface area contributed by atoms with Crippen LogP contribution in [-0.4, -0.2) is 46.3 Å². The Hall–Kier alpha value is -3.13. The van der Waals surface area contributed by atoms with Gasteiger partial charge in [0.1, 0.15) is 5.52 Å². The zero-order chi connectivity index (χ0) is 20.1. The summed E-state index contributed by atoms with van der Waals surface area (Å²) in [6, 6.07) is 8.01. The van der Waals surface area contributed by atoms with Crippen LogP contribution in [-0.2, 0) is 0 Å². The van der Waals surface area contributed by atoms with Crippen molar-refractivity contribution in [3.63, 3.8) is 0 Å². The molecule has 0 radical (unpaired) electrons. The highest BCUT2D eigenvalue weighted by molar-refractivity contribution is 5.87. The molecule has 1 aromatic carbocycles. The van der Waals surface area contributed by atoms with Gasteiger partial charge in [-0.25, -0.2) is 4.98 Å². The van der Waals surface area contributed by atoms with E-state index in [2.05, 4.69) is 36.8 Å². The van der Waals surface area contributed by atoms with Crippen LogP contribution in [0.2, 0.25) is 0 Å². The number of rotatable bonds is 3. The number of aromatic nitrogens is 4. The largest absolute Gasteiger partial charge is 0.459 e. The number of hydrogen-bond donors (Lipinski definition) is 3. The minimum atomic E-state index is 0.462. The Bertz CT molecular complexity index is 1210. The summed E-state index contributed by atoms with van der Waals surface area (Å²) in [7, 11) is 0. The second-order valence-electron chi connectivity index (χ2n) is 8.63. The van der Waals surface area contributed by atoms with Crippen molar-refractivity contribution in [2.45, 2.75) is 26.2 Å². The van der Waals surface area contributed by atoms with Crippen LogP contribution in [0.15, 0.2) is 34.9 Å². The molecule has 1 spiro atoms. The van der Waals surface area contributed by atoms with E-state index in [0.717, 1.165) is 65.4 Å². The molecule has 154 valence electrons. The van der Waals surface area contributed by atoms with Gasteiger partial charge in [-0.05, 0) is 56.3 Å². The lowest BCUT2D eigenvalue weighted by molar-refractivity contribution is 0.247. The van der Waals surface area contributed by atoms with E-state index in [1.165, 1.54) is 19.3 Å². The molecule has 8 nitrogen and oxygen atoms in total. The molecule has 2 aliphatic heterocycles. The lowest BCUT2D eigenvalue weighted by atomic mass is 9.78. The quantitative estimate of drug-likeness (QED) is 0.480. The Morgan fingerprint density at radius 3 is 2.83 bits per heavy atom. The van der Waals surface area contributed by atoms with Crippen molar-refractivity contribution in [1.29, 1.82) is 0 Å². The fraction of sp³-hybridized carbons (Fsp3) is 0.409. The van der Waals surface area contributed by atoms with Gasteiger partial charge >= 0.3 is 0 Å². The van der Waals surface area contributed by atoms with Crippen LogP contribution in [0.3, 0.4) is 0 Å². The van der Waals surface area contributed by atoms with Crippen LogP contribution >= 0.6 is 0 Å². The molecule has 0 unspecified atom stereocenters. The molecule has 6 rings (SSSR count). The Labute approximate surface area is 174 Å². The van der Waals surface area contributed by atoms with Crippen molar-refractivity contribution in [2.75, 3.05) is 36.4 Å². The molecule has 0 atom stereocenters. The molecule has 8 heteroatoms. The highest BCUT2D eigenvalue weighted by atomic mass is 16.3. The van der Waals surface area contributed by atoms with E-state index >= 15 is 0 Å². The molecule has 2 fully saturated rings. The first kappa shape index (κ1) is 17.7. The SMILES string of the molecule is Cc1[nH]nc2cc(Nc3nc(N4CCC5(CCNC5)CC4)c4occc4n3)ccc12. The van der Waals surface area contributed by atoms with E-state index in [9.17, 15) is 0 Å². The fourth-order valence-corrected chi connectivity index (χ4v) is 4.89. The summed E-state index contributed by atoms with van der Waals surface area (Å²) in [5.74, 6) is 1.46. The van der Waals surface area contributed by atoms with Crippen LogP contribution in [0.1, 0.15) is 25.0 Å². The maximum atomic E-state index is 5.76. The highest BCUT2D eigenvalue weighted by Gasteiger charge is 2.37. The average Bonchev–Trinajstić information content (AvgIpc) is 3.49. The van der Waals surface area contributed by atoms with Crippen molar-refractivity contribution in [3.8, 4) is 0 Å². The first-order chi connectivity index (χ1) is 14.7. The zero-order valence-electron chi connectivity index (χ0n) is 17.0. The summed E-state index contributed by atoms with van der Waals surface area (Å²) in [6.45, 7) is 6.29. The average molecular weight is 403 g/mol. The second-order valence-corrected chi connectivity index (χ2v) is 8.63. The van der Waals surface area contributed by atoms with Crippen molar-refractivity contribution in [2.24, 2.45) is 5.41 Å². The Morgan fingerprint density at radius 2 is 2.00 bits per heavy atom. The van der Waals surface area contributed by atoms with E-state index in [1.807, 2.05) is 25.1 Å². The summed E-state index contributed by atoms with van der Waals surface area (Å²) in [5.41, 5.74) is 4.95. The normalized spacial score (nSPS) is 18.6. The predicted octanol–water partition coefficient (Wildman–Crippen LogP) is 3.73. The van der Waals surface area contributed by atoms with E-state index < -0.39 is 0 Å². The van der Waals surface area contributed by atoms with Crippen LogP contribution in [0.4, 0.5) is 17.5 Å². The third kappa shape index (κ3) is 2.90. The number of furan rings is 1. The second kappa shape index (κ2) is 6.70. The number of aryl methyl sites for hydroxylation is 1. The van der Waals surface area contributed by atoms with Gasteiger partial charge in [-0.15, -0.1) is 0 Å². The predicted molar refractivity (Wildman–Crippen MR) is 117 cm³/mol. The molecule has 3 N–H and O–H groups in total. The van der Waals surface area contributed by atoms with Crippen molar-refractivity contribution < 1.29 is 4.42 Å². The van der Waals surface area contributed by atoms with Gasteiger partial charge in [0.15, 0.2) is 11.4 Å². The van der Waals surface area contributed by atoms with Gasteiger partial charge in [-0.3, -0.25) is 5.10 Å². The van der Waals surface area contributed by atoms with Crippen LogP contribution < -0.4 is 15.5 Å². The number of fused-ring (bicyclic) bond motifs is 2. The maximum Gasteiger partial charge on any atom is 0.229 e. The highest BCUT2D eigenvalue weighted by Crippen LogP contribution is 2.39. The first-order valence-corrected chi connectivity index (χ1v) is 10.6. The first-order valence-electron chi connectivity index (χ1n) is 10.6. The standard InChI is InChI=1S/C22H25N7O/c1-14-16-3-2-15(12-18(16)28-27-14)24-21-25-17-4-11-30-19(17)20(26-21)29-9-6-22(7-10-29)5-8-23-13-22/h2-4,11-12,23H,5-10,13H2,1H3,(H,27,28)(H,24,25,26). The molecule has 0 saturated carbocycles. The number of aromatic amines is 1. The minimum Gasteiger partial charge on any atom is -0.459 e. The van der Waals surface area contributed by atoms with Gasteiger partial charge in [0.25, 0.3) is 0 Å². The minimum absolute atomic E-state index is 0.462. The van der Waals surface area contributed by atoms with Crippen LogP contribution in [0.25, 0.3) is 22.0 Å². The number of hydrogen-bond acceptors (Lipinski definition) is 7. The van der Waals surface area contributed by atoms with Gasteiger partial charge in [-0.1, -0.05) is 0 Å². The molecule has 30 heavy (non-hydrogen) atoms. The van der Waals surface area contributed by atoms with Crippen molar-refractivity contribution in [3.05, 3.63) is 36.2 Å². The van der Waals surface area contributed by atoms with E-state index in [-0.39, 0.29) is 0 Å². The molecule has 2 saturated heterocycles. The molecule has 0 bridgehead atoms. The van der Waals surface area contributed by atoms with E-state index in [4.69, 9.17) is 9.40 Å². The van der Waals surface area contributed by atoms with E-state index in [0.29, 0.717) is 11.4 Å². The van der Waals surface area contributed by atoms with Crippen molar-refractivity contribution in [1.82, 2.24) is 25.5 Å². The van der Waals surface area contributed by atoms with Crippen LogP contribution in [0.5, 0.6) is 0 Å². The smallest absolute Gasteiger partial charge is 0.229 e. The molecule has 0 aliphatic carbocycles. The summed E-state index contributed by atoms with van der Waals surface area (Å²) < 4.78 is 5.76. The summed E-state index contributed by atoms with van der Waals surface area (Å²) >= 11 is 0. The maximum absolute atomic E-state index is 5.76. The lowest BCUT2D eigenvalue weighted by Crippen LogP contribution is -2.41. The number of piperidine rings is 1. The lowest BCUT2D eigenvalue weighted by Gasteiger charge is -2.39. The monoisotopic (exact) mass is 403 g/mol. The zero-order valence-corrected chi connectivity index (χ0v) is 17.0. The number of nitrogens with zero attached hydrogens (tertiary/aromatic N) is 4. The van der Waals surface area contributed by atoms with E-state index in [1.54, 1.807) is 6.26 Å².